The van der Waals surface area contributed by atoms with Crippen molar-refractivity contribution in [1.82, 2.24) is 0 Å². The Balaban J connectivity index is 3.14. The van der Waals surface area contributed by atoms with Crippen LogP contribution in [0.1, 0.15) is 10.4 Å². The average Bonchev–Trinajstić information content (AvgIpc) is 2.38. The maximum atomic E-state index is 11.3. The Morgan fingerprint density at radius 2 is 2.16 bits per heavy atom. The molecule has 104 valence electrons. The first kappa shape index (κ1) is 14.7. The third-order valence-electron chi connectivity index (χ3n) is 2.34. The van der Waals surface area contributed by atoms with Crippen LogP contribution in [0.3, 0.4) is 0 Å². The number of hydrogen-bond acceptors (Lipinski definition) is 7. The predicted octanol–water partition coefficient (Wildman–Crippen LogP) is 1.15. The highest BCUT2D eigenvalue weighted by molar-refractivity contribution is 5.94. The van der Waals surface area contributed by atoms with Gasteiger partial charge in [0.05, 0.1) is 18.6 Å². The van der Waals surface area contributed by atoms with Crippen molar-refractivity contribution in [1.29, 1.82) is 0 Å². The fourth-order valence-electron chi connectivity index (χ4n) is 1.43. The van der Waals surface area contributed by atoms with Gasteiger partial charge in [-0.15, -0.1) is 0 Å². The van der Waals surface area contributed by atoms with Crippen molar-refractivity contribution in [2.75, 3.05) is 32.7 Å². The number of nitro benzene ring substituents is 1. The normalized spacial score (nSPS) is 10.0. The first-order chi connectivity index (χ1) is 9.01. The van der Waals surface area contributed by atoms with E-state index in [9.17, 15) is 20.0 Å². The molecule has 0 aliphatic carbocycles. The van der Waals surface area contributed by atoms with Crippen LogP contribution < -0.4 is 5.32 Å². The van der Waals surface area contributed by atoms with E-state index in [1.54, 1.807) is 0 Å². The Bertz CT molecular complexity index is 488. The van der Waals surface area contributed by atoms with E-state index in [1.165, 1.54) is 7.11 Å². The molecule has 0 heterocycles. The highest BCUT2D eigenvalue weighted by atomic mass is 16.6. The monoisotopic (exact) mass is 270 g/mol. The molecule has 2 N–H and O–H groups in total. The van der Waals surface area contributed by atoms with E-state index in [0.29, 0.717) is 13.2 Å². The number of aromatic hydroxyl groups is 1. The van der Waals surface area contributed by atoms with Crippen LogP contribution in [0.15, 0.2) is 12.1 Å². The summed E-state index contributed by atoms with van der Waals surface area (Å²) in [7, 11) is 2.62. The molecule has 0 aromatic heterocycles. The molecule has 0 radical (unpaired) electrons. The number of rotatable bonds is 6. The van der Waals surface area contributed by atoms with E-state index in [1.807, 2.05) is 0 Å². The minimum absolute atomic E-state index is 0.104. The van der Waals surface area contributed by atoms with Gasteiger partial charge in [-0.3, -0.25) is 10.1 Å². The molecule has 1 aromatic carbocycles. The molecule has 0 spiro atoms. The lowest BCUT2D eigenvalue weighted by Gasteiger charge is -2.09. The number of ether oxygens (including phenoxy) is 2. The zero-order valence-electron chi connectivity index (χ0n) is 10.5. The molecule has 0 unspecified atom stereocenters. The van der Waals surface area contributed by atoms with Gasteiger partial charge in [-0.25, -0.2) is 4.79 Å². The molecule has 1 rings (SSSR count). The number of esters is 1. The Labute approximate surface area is 109 Å². The minimum Gasteiger partial charge on any atom is -0.507 e. The summed E-state index contributed by atoms with van der Waals surface area (Å²) in [5.74, 6) is -1.23. The highest BCUT2D eigenvalue weighted by Gasteiger charge is 2.22. The largest absolute Gasteiger partial charge is 0.507 e. The second kappa shape index (κ2) is 6.55. The molecule has 0 aliphatic heterocycles. The number of hydrogen-bond donors (Lipinski definition) is 2. The number of anilines is 1. The fourth-order valence-corrected chi connectivity index (χ4v) is 1.43. The second-order valence-corrected chi connectivity index (χ2v) is 3.55. The molecule has 1 aromatic rings. The second-order valence-electron chi connectivity index (χ2n) is 3.55. The van der Waals surface area contributed by atoms with E-state index >= 15 is 0 Å². The summed E-state index contributed by atoms with van der Waals surface area (Å²) < 4.78 is 9.23. The van der Waals surface area contributed by atoms with Crippen molar-refractivity contribution in [3.05, 3.63) is 27.8 Å². The van der Waals surface area contributed by atoms with Gasteiger partial charge in [0.1, 0.15) is 17.0 Å². The van der Waals surface area contributed by atoms with E-state index in [0.717, 1.165) is 19.2 Å². The summed E-state index contributed by atoms with van der Waals surface area (Å²) in [5, 5.41) is 23.3. The molecular weight excluding hydrogens is 256 g/mol. The third-order valence-corrected chi connectivity index (χ3v) is 2.34. The molecule has 19 heavy (non-hydrogen) atoms. The molecule has 8 nitrogen and oxygen atoms in total. The number of carbonyl (C=O) groups is 1. The Morgan fingerprint density at radius 3 is 2.68 bits per heavy atom. The summed E-state index contributed by atoms with van der Waals surface area (Å²) in [5.41, 5.74) is -0.479. The van der Waals surface area contributed by atoms with Gasteiger partial charge in [0.15, 0.2) is 0 Å². The van der Waals surface area contributed by atoms with Gasteiger partial charge in [0.25, 0.3) is 5.69 Å². The van der Waals surface area contributed by atoms with Gasteiger partial charge >= 0.3 is 5.97 Å². The average molecular weight is 270 g/mol. The van der Waals surface area contributed by atoms with Crippen molar-refractivity contribution < 1.29 is 24.3 Å². The van der Waals surface area contributed by atoms with Gasteiger partial charge in [0, 0.05) is 25.8 Å². The molecule has 0 fully saturated rings. The highest BCUT2D eigenvalue weighted by Crippen LogP contribution is 2.32. The summed E-state index contributed by atoms with van der Waals surface area (Å²) >= 11 is 0. The SMILES string of the molecule is COCCNc1cc(O)c(C(=O)OC)cc1[N+](=O)[O-]. The van der Waals surface area contributed by atoms with Gasteiger partial charge in [-0.1, -0.05) is 0 Å². The van der Waals surface area contributed by atoms with Crippen molar-refractivity contribution >= 4 is 17.3 Å². The van der Waals surface area contributed by atoms with Gasteiger partial charge in [0.2, 0.25) is 0 Å². The quantitative estimate of drug-likeness (QED) is 0.345. The maximum Gasteiger partial charge on any atom is 0.341 e. The molecule has 0 atom stereocenters. The summed E-state index contributed by atoms with van der Waals surface area (Å²) in [6.45, 7) is 0.672. The molecule has 8 heteroatoms. The van der Waals surface area contributed by atoms with Crippen molar-refractivity contribution in [3.63, 3.8) is 0 Å². The van der Waals surface area contributed by atoms with Crippen LogP contribution in [0, 0.1) is 10.1 Å². The van der Waals surface area contributed by atoms with E-state index in [2.05, 4.69) is 10.1 Å². The van der Waals surface area contributed by atoms with E-state index in [4.69, 9.17) is 4.74 Å². The first-order valence-electron chi connectivity index (χ1n) is 5.33. The maximum absolute atomic E-state index is 11.3. The number of phenols is 1. The fraction of sp³-hybridized carbons (Fsp3) is 0.364. The van der Waals surface area contributed by atoms with Crippen molar-refractivity contribution in [2.45, 2.75) is 0 Å². The molecule has 0 aliphatic rings. The molecule has 0 bridgehead atoms. The smallest absolute Gasteiger partial charge is 0.341 e. The summed E-state index contributed by atoms with van der Waals surface area (Å²) in [6, 6.07) is 2.08. The lowest BCUT2D eigenvalue weighted by molar-refractivity contribution is -0.384. The van der Waals surface area contributed by atoms with Crippen LogP contribution in [0.5, 0.6) is 5.75 Å². The predicted molar refractivity (Wildman–Crippen MR) is 66.5 cm³/mol. The van der Waals surface area contributed by atoms with Crippen LogP contribution in [0.4, 0.5) is 11.4 Å². The van der Waals surface area contributed by atoms with Gasteiger partial charge in [-0.2, -0.15) is 0 Å². The number of phenolic OH excluding ortho intramolecular Hbond substituents is 1. The van der Waals surface area contributed by atoms with Crippen LogP contribution in [0.2, 0.25) is 0 Å². The lowest BCUT2D eigenvalue weighted by atomic mass is 10.1. The van der Waals surface area contributed by atoms with Crippen LogP contribution in [-0.2, 0) is 9.47 Å². The number of methoxy groups -OCH3 is 2. The van der Waals surface area contributed by atoms with Gasteiger partial charge in [-0.05, 0) is 0 Å². The van der Waals surface area contributed by atoms with Crippen LogP contribution in [-0.4, -0.2) is 43.4 Å². The molecule has 0 saturated carbocycles. The molecule has 0 amide bonds. The van der Waals surface area contributed by atoms with Crippen molar-refractivity contribution in [2.24, 2.45) is 0 Å². The Kier molecular flexibility index (Phi) is 5.07. The minimum atomic E-state index is -0.843. The topological polar surface area (TPSA) is 111 Å². The standard InChI is InChI=1S/C11H14N2O6/c1-18-4-3-12-8-6-10(14)7(11(15)19-2)5-9(8)13(16)17/h5-6,12,14H,3-4H2,1-2H3. The number of benzene rings is 1. The number of nitrogens with zero attached hydrogens (tertiary/aromatic N) is 1. The third kappa shape index (κ3) is 3.55. The van der Waals surface area contributed by atoms with E-state index < -0.39 is 16.6 Å². The molecule has 0 saturated heterocycles. The Morgan fingerprint density at radius 1 is 1.47 bits per heavy atom. The van der Waals surface area contributed by atoms with E-state index in [-0.39, 0.29) is 16.9 Å². The summed E-state index contributed by atoms with van der Waals surface area (Å²) in [6.07, 6.45) is 0. The number of carbonyl (C=O) groups excluding carboxylic acids is 1. The zero-order chi connectivity index (χ0) is 14.4. The van der Waals surface area contributed by atoms with Gasteiger partial charge < -0.3 is 19.9 Å². The van der Waals surface area contributed by atoms with Crippen LogP contribution in [0.25, 0.3) is 0 Å². The van der Waals surface area contributed by atoms with Crippen LogP contribution >= 0.6 is 0 Å². The zero-order valence-corrected chi connectivity index (χ0v) is 10.5. The first-order valence-corrected chi connectivity index (χ1v) is 5.33. The molecular formula is C11H14N2O6. The number of nitrogens with one attached hydrogen (secondary N) is 1. The lowest BCUT2D eigenvalue weighted by Crippen LogP contribution is -2.10. The Hall–Kier alpha value is -2.35. The summed E-state index contributed by atoms with van der Waals surface area (Å²) in [4.78, 5) is 21.6. The number of nitro groups is 1. The van der Waals surface area contributed by atoms with Crippen molar-refractivity contribution in [3.8, 4) is 5.75 Å².